The molecule has 0 spiro atoms. The van der Waals surface area contributed by atoms with Crippen LogP contribution in [0.5, 0.6) is 0 Å². The molecule has 110 valence electrons. The lowest BCUT2D eigenvalue weighted by Crippen LogP contribution is -2.27. The molecule has 1 aromatic rings. The summed E-state index contributed by atoms with van der Waals surface area (Å²) in [5.41, 5.74) is 5.46. The maximum Gasteiger partial charge on any atom is 0.161 e. The number of hydrogen-bond donors (Lipinski definition) is 2. The van der Waals surface area contributed by atoms with Gasteiger partial charge in [0.1, 0.15) is 5.82 Å². The molecule has 0 aliphatic heterocycles. The largest absolute Gasteiger partial charge is 0.391 e. The fraction of sp³-hybridized carbons (Fsp3) is 0.538. The lowest BCUT2D eigenvalue weighted by atomic mass is 9.95. The van der Waals surface area contributed by atoms with E-state index in [0.29, 0.717) is 24.5 Å². The molecule has 0 saturated heterocycles. The SMILES string of the molecule is CC(C)CC[C@H](O)[C@H](N)c1cc(F)c(F)cc1F.Cl. The zero-order valence-corrected chi connectivity index (χ0v) is 11.7. The van der Waals surface area contributed by atoms with Gasteiger partial charge in [-0.3, -0.25) is 0 Å². The maximum atomic E-state index is 13.4. The highest BCUT2D eigenvalue weighted by atomic mass is 35.5. The van der Waals surface area contributed by atoms with Crippen molar-refractivity contribution in [2.24, 2.45) is 11.7 Å². The molecule has 0 aliphatic rings. The molecular formula is C13H19ClF3NO. The van der Waals surface area contributed by atoms with E-state index in [9.17, 15) is 18.3 Å². The zero-order chi connectivity index (χ0) is 13.9. The minimum absolute atomic E-state index is 0. The van der Waals surface area contributed by atoms with Crippen molar-refractivity contribution in [1.82, 2.24) is 0 Å². The van der Waals surface area contributed by atoms with Crippen LogP contribution in [-0.4, -0.2) is 11.2 Å². The van der Waals surface area contributed by atoms with Crippen LogP contribution >= 0.6 is 12.4 Å². The smallest absolute Gasteiger partial charge is 0.161 e. The number of aliphatic hydroxyl groups excluding tert-OH is 1. The number of benzene rings is 1. The molecule has 0 radical (unpaired) electrons. The molecular weight excluding hydrogens is 279 g/mol. The summed E-state index contributed by atoms with van der Waals surface area (Å²) in [5.74, 6) is -3.00. The standard InChI is InChI=1S/C13H18F3NO.ClH/c1-7(2)3-4-12(18)13(17)8-5-10(15)11(16)6-9(8)14;/h5-7,12-13,18H,3-4,17H2,1-2H3;1H/t12-,13+;/m0./s1. The Morgan fingerprint density at radius 2 is 1.58 bits per heavy atom. The second-order valence-electron chi connectivity index (χ2n) is 4.85. The molecule has 0 bridgehead atoms. The Labute approximate surface area is 117 Å². The van der Waals surface area contributed by atoms with E-state index >= 15 is 0 Å². The lowest BCUT2D eigenvalue weighted by Gasteiger charge is -2.20. The molecule has 19 heavy (non-hydrogen) atoms. The average molecular weight is 298 g/mol. The van der Waals surface area contributed by atoms with Gasteiger partial charge >= 0.3 is 0 Å². The monoisotopic (exact) mass is 297 g/mol. The van der Waals surface area contributed by atoms with Crippen LogP contribution in [0.2, 0.25) is 0 Å². The van der Waals surface area contributed by atoms with Crippen molar-refractivity contribution >= 4 is 12.4 Å². The van der Waals surface area contributed by atoms with E-state index in [4.69, 9.17) is 5.73 Å². The molecule has 3 N–H and O–H groups in total. The van der Waals surface area contributed by atoms with Crippen LogP contribution in [0.1, 0.15) is 38.3 Å². The molecule has 2 atom stereocenters. The van der Waals surface area contributed by atoms with Gasteiger partial charge in [0.05, 0.1) is 12.1 Å². The summed E-state index contributed by atoms with van der Waals surface area (Å²) >= 11 is 0. The van der Waals surface area contributed by atoms with Crippen molar-refractivity contribution in [1.29, 1.82) is 0 Å². The molecule has 1 aromatic carbocycles. The van der Waals surface area contributed by atoms with E-state index < -0.39 is 29.6 Å². The third-order valence-electron chi connectivity index (χ3n) is 2.85. The van der Waals surface area contributed by atoms with Crippen LogP contribution in [0.25, 0.3) is 0 Å². The normalized spacial score (nSPS) is 14.1. The summed E-state index contributed by atoms with van der Waals surface area (Å²) in [6.07, 6.45) is 0.129. The van der Waals surface area contributed by atoms with Crippen LogP contribution in [0.4, 0.5) is 13.2 Å². The summed E-state index contributed by atoms with van der Waals surface area (Å²) in [4.78, 5) is 0. The van der Waals surface area contributed by atoms with Gasteiger partial charge in [-0.1, -0.05) is 13.8 Å². The van der Waals surface area contributed by atoms with Gasteiger partial charge in [0.15, 0.2) is 11.6 Å². The number of nitrogens with two attached hydrogens (primary N) is 1. The van der Waals surface area contributed by atoms with E-state index in [1.165, 1.54) is 0 Å². The maximum absolute atomic E-state index is 13.4. The van der Waals surface area contributed by atoms with Gasteiger partial charge in [0.2, 0.25) is 0 Å². The number of halogens is 4. The first kappa shape index (κ1) is 18.2. The van der Waals surface area contributed by atoms with Crippen molar-refractivity contribution in [3.8, 4) is 0 Å². The van der Waals surface area contributed by atoms with Crippen LogP contribution in [0.15, 0.2) is 12.1 Å². The van der Waals surface area contributed by atoms with Crippen molar-refractivity contribution in [2.45, 2.75) is 38.8 Å². The fourth-order valence-electron chi connectivity index (χ4n) is 1.68. The topological polar surface area (TPSA) is 46.2 Å². The Bertz CT molecular complexity index is 415. The van der Waals surface area contributed by atoms with Crippen molar-refractivity contribution in [3.05, 3.63) is 35.1 Å². The summed E-state index contributed by atoms with van der Waals surface area (Å²) in [6, 6.07) is 0.0898. The highest BCUT2D eigenvalue weighted by Gasteiger charge is 2.22. The number of aliphatic hydroxyl groups is 1. The molecule has 0 aromatic heterocycles. The highest BCUT2D eigenvalue weighted by molar-refractivity contribution is 5.85. The van der Waals surface area contributed by atoms with Crippen molar-refractivity contribution in [3.63, 3.8) is 0 Å². The molecule has 1 rings (SSSR count). The average Bonchev–Trinajstić information content (AvgIpc) is 2.29. The predicted molar refractivity (Wildman–Crippen MR) is 70.6 cm³/mol. The van der Waals surface area contributed by atoms with Crippen LogP contribution in [-0.2, 0) is 0 Å². The lowest BCUT2D eigenvalue weighted by molar-refractivity contribution is 0.126. The second kappa shape index (κ2) is 7.72. The quantitative estimate of drug-likeness (QED) is 0.819. The van der Waals surface area contributed by atoms with Gasteiger partial charge < -0.3 is 10.8 Å². The second-order valence-corrected chi connectivity index (χ2v) is 4.85. The molecule has 0 aliphatic carbocycles. The first-order valence-corrected chi connectivity index (χ1v) is 5.91. The number of rotatable bonds is 5. The van der Waals surface area contributed by atoms with E-state index in [2.05, 4.69) is 0 Å². The van der Waals surface area contributed by atoms with E-state index in [-0.39, 0.29) is 18.0 Å². The predicted octanol–water partition coefficient (Wildman–Crippen LogP) is 3.32. The molecule has 2 nitrogen and oxygen atoms in total. The Hall–Kier alpha value is -0.780. The van der Waals surface area contributed by atoms with Gasteiger partial charge in [-0.15, -0.1) is 12.4 Å². The molecule has 0 saturated carbocycles. The van der Waals surface area contributed by atoms with E-state index in [0.717, 1.165) is 6.42 Å². The highest BCUT2D eigenvalue weighted by Crippen LogP contribution is 2.24. The Balaban J connectivity index is 0.00000324. The van der Waals surface area contributed by atoms with Crippen molar-refractivity contribution in [2.75, 3.05) is 0 Å². The summed E-state index contributed by atoms with van der Waals surface area (Å²) < 4.78 is 39.2. The van der Waals surface area contributed by atoms with Crippen LogP contribution < -0.4 is 5.73 Å². The van der Waals surface area contributed by atoms with Gasteiger partial charge in [0, 0.05) is 11.6 Å². The first-order chi connectivity index (χ1) is 8.32. The number of hydrogen-bond acceptors (Lipinski definition) is 2. The Kier molecular flexibility index (Phi) is 7.41. The zero-order valence-electron chi connectivity index (χ0n) is 10.9. The molecule has 6 heteroatoms. The minimum Gasteiger partial charge on any atom is -0.391 e. The molecule has 0 fully saturated rings. The van der Waals surface area contributed by atoms with Gasteiger partial charge in [-0.05, 0) is 24.8 Å². The van der Waals surface area contributed by atoms with Crippen LogP contribution in [0.3, 0.4) is 0 Å². The van der Waals surface area contributed by atoms with Crippen molar-refractivity contribution < 1.29 is 18.3 Å². The third-order valence-corrected chi connectivity index (χ3v) is 2.85. The summed E-state index contributed by atoms with van der Waals surface area (Å²) in [5, 5.41) is 9.80. The Morgan fingerprint density at radius 3 is 2.11 bits per heavy atom. The third kappa shape index (κ3) is 5.01. The van der Waals surface area contributed by atoms with Crippen LogP contribution in [0, 0.1) is 23.4 Å². The Morgan fingerprint density at radius 1 is 1.05 bits per heavy atom. The van der Waals surface area contributed by atoms with Gasteiger partial charge in [-0.2, -0.15) is 0 Å². The van der Waals surface area contributed by atoms with Gasteiger partial charge in [-0.25, -0.2) is 13.2 Å². The molecule has 0 unspecified atom stereocenters. The molecule has 0 amide bonds. The fourth-order valence-corrected chi connectivity index (χ4v) is 1.68. The summed E-state index contributed by atoms with van der Waals surface area (Å²) in [6.45, 7) is 3.97. The van der Waals surface area contributed by atoms with Gasteiger partial charge in [0.25, 0.3) is 0 Å². The van der Waals surface area contributed by atoms with E-state index in [1.807, 2.05) is 13.8 Å². The molecule has 0 heterocycles. The van der Waals surface area contributed by atoms with E-state index in [1.54, 1.807) is 0 Å². The minimum atomic E-state index is -1.26. The summed E-state index contributed by atoms with van der Waals surface area (Å²) in [7, 11) is 0. The first-order valence-electron chi connectivity index (χ1n) is 5.91.